The highest BCUT2D eigenvalue weighted by Crippen LogP contribution is 2.19. The Bertz CT molecular complexity index is 156. The Labute approximate surface area is 59.4 Å². The number of ether oxygens (including phenoxy) is 1. The first-order valence-corrected chi connectivity index (χ1v) is 3.32. The van der Waals surface area contributed by atoms with E-state index in [4.69, 9.17) is 0 Å². The third kappa shape index (κ3) is 1.03. The number of carbonyl (C=O) groups is 2. The minimum absolute atomic E-state index is 0.0261. The van der Waals surface area contributed by atoms with E-state index in [1.807, 2.05) is 13.8 Å². The average Bonchev–Trinajstić information content (AvgIpc) is 2.11. The smallest absolute Gasteiger partial charge is 0.317 e. The van der Waals surface area contributed by atoms with Crippen LogP contribution in [-0.4, -0.2) is 18.4 Å². The van der Waals surface area contributed by atoms with Gasteiger partial charge >= 0.3 is 5.97 Å². The molecule has 1 atom stereocenters. The van der Waals surface area contributed by atoms with Crippen molar-refractivity contribution in [3.05, 3.63) is 0 Å². The molecule has 0 amide bonds. The first-order valence-electron chi connectivity index (χ1n) is 3.32. The molecule has 0 saturated carbocycles. The number of hydrogen-bond donors (Lipinski definition) is 0. The summed E-state index contributed by atoms with van der Waals surface area (Å²) in [6.45, 7) is 3.66. The molecule has 1 unspecified atom stereocenters. The molecule has 1 rings (SSSR count). The molecular weight excluding hydrogens is 132 g/mol. The molecular formula is C7H10O3. The standard InChI is InChI=1S/C7H10O3/c1-4(2)6-5(8)3-10-7(6)9/h4,6H,3H2,1-2H3. The van der Waals surface area contributed by atoms with E-state index in [1.165, 1.54) is 0 Å². The third-order valence-corrected chi connectivity index (χ3v) is 1.62. The van der Waals surface area contributed by atoms with E-state index < -0.39 is 5.92 Å². The van der Waals surface area contributed by atoms with E-state index in [-0.39, 0.29) is 24.3 Å². The summed E-state index contributed by atoms with van der Waals surface area (Å²) in [5, 5.41) is 0. The Balaban J connectivity index is 2.72. The summed E-state index contributed by atoms with van der Waals surface area (Å²) in [7, 11) is 0. The maximum absolute atomic E-state index is 10.9. The van der Waals surface area contributed by atoms with Crippen molar-refractivity contribution in [1.82, 2.24) is 0 Å². The monoisotopic (exact) mass is 142 g/mol. The zero-order valence-corrected chi connectivity index (χ0v) is 6.09. The van der Waals surface area contributed by atoms with Gasteiger partial charge in [-0.3, -0.25) is 9.59 Å². The Kier molecular flexibility index (Phi) is 1.74. The Hall–Kier alpha value is -0.860. The number of hydrogen-bond acceptors (Lipinski definition) is 3. The Morgan fingerprint density at radius 1 is 1.50 bits per heavy atom. The van der Waals surface area contributed by atoms with Crippen LogP contribution in [0.15, 0.2) is 0 Å². The second kappa shape index (κ2) is 2.40. The molecule has 0 aliphatic carbocycles. The van der Waals surface area contributed by atoms with Crippen molar-refractivity contribution >= 4 is 11.8 Å². The molecule has 1 saturated heterocycles. The lowest BCUT2D eigenvalue weighted by Crippen LogP contribution is -2.21. The first kappa shape index (κ1) is 7.25. The van der Waals surface area contributed by atoms with Gasteiger partial charge in [-0.15, -0.1) is 0 Å². The predicted octanol–water partition coefficient (Wildman–Crippen LogP) is 0.385. The predicted molar refractivity (Wildman–Crippen MR) is 34.3 cm³/mol. The van der Waals surface area contributed by atoms with Crippen LogP contribution in [0.25, 0.3) is 0 Å². The molecule has 0 aromatic heterocycles. The summed E-state index contributed by atoms with van der Waals surface area (Å²) in [4.78, 5) is 21.7. The van der Waals surface area contributed by atoms with E-state index in [9.17, 15) is 9.59 Å². The Morgan fingerprint density at radius 2 is 2.10 bits per heavy atom. The highest BCUT2D eigenvalue weighted by molar-refractivity contribution is 6.04. The number of rotatable bonds is 1. The largest absolute Gasteiger partial charge is 0.457 e. The number of Topliss-reactive ketones (excluding diaryl/α,β-unsaturated/α-hetero) is 1. The van der Waals surface area contributed by atoms with Gasteiger partial charge in [-0.05, 0) is 5.92 Å². The van der Waals surface area contributed by atoms with Gasteiger partial charge in [0.1, 0.15) is 5.92 Å². The maximum atomic E-state index is 10.9. The lowest BCUT2D eigenvalue weighted by molar-refractivity contribution is -0.142. The summed E-state index contributed by atoms with van der Waals surface area (Å²) in [5.74, 6) is -0.873. The molecule has 3 nitrogen and oxygen atoms in total. The van der Waals surface area contributed by atoms with E-state index in [0.29, 0.717) is 0 Å². The molecule has 0 N–H and O–H groups in total. The van der Waals surface area contributed by atoms with Gasteiger partial charge in [0.15, 0.2) is 12.4 Å². The normalized spacial score (nSPS) is 25.7. The summed E-state index contributed by atoms with van der Waals surface area (Å²) < 4.78 is 4.55. The van der Waals surface area contributed by atoms with Crippen LogP contribution < -0.4 is 0 Å². The molecule has 1 fully saturated rings. The lowest BCUT2D eigenvalue weighted by atomic mass is 9.94. The molecule has 0 aromatic carbocycles. The quantitative estimate of drug-likeness (QED) is 0.393. The molecule has 0 spiro atoms. The van der Waals surface area contributed by atoms with Crippen molar-refractivity contribution in [2.45, 2.75) is 13.8 Å². The van der Waals surface area contributed by atoms with Gasteiger partial charge in [0.2, 0.25) is 0 Å². The fourth-order valence-electron chi connectivity index (χ4n) is 1.10. The van der Waals surface area contributed by atoms with Gasteiger partial charge in [0, 0.05) is 0 Å². The van der Waals surface area contributed by atoms with Gasteiger partial charge in [-0.25, -0.2) is 0 Å². The van der Waals surface area contributed by atoms with Crippen LogP contribution in [0.1, 0.15) is 13.8 Å². The maximum Gasteiger partial charge on any atom is 0.317 e. The van der Waals surface area contributed by atoms with E-state index in [1.54, 1.807) is 0 Å². The van der Waals surface area contributed by atoms with Crippen LogP contribution in [0.2, 0.25) is 0 Å². The molecule has 1 aliphatic heterocycles. The van der Waals surface area contributed by atoms with Crippen molar-refractivity contribution in [1.29, 1.82) is 0 Å². The number of esters is 1. The summed E-state index contributed by atoms with van der Waals surface area (Å²) >= 11 is 0. The van der Waals surface area contributed by atoms with E-state index in [2.05, 4.69) is 4.74 Å². The second-order valence-corrected chi connectivity index (χ2v) is 2.80. The highest BCUT2D eigenvalue weighted by atomic mass is 16.5. The third-order valence-electron chi connectivity index (χ3n) is 1.62. The van der Waals surface area contributed by atoms with Crippen molar-refractivity contribution in [2.75, 3.05) is 6.61 Å². The van der Waals surface area contributed by atoms with Gasteiger partial charge in [0.05, 0.1) is 0 Å². The van der Waals surface area contributed by atoms with Crippen LogP contribution >= 0.6 is 0 Å². The van der Waals surface area contributed by atoms with Crippen LogP contribution in [-0.2, 0) is 14.3 Å². The molecule has 0 aromatic rings. The van der Waals surface area contributed by atoms with Crippen LogP contribution in [0.4, 0.5) is 0 Å². The van der Waals surface area contributed by atoms with Crippen molar-refractivity contribution in [3.63, 3.8) is 0 Å². The minimum atomic E-state index is -0.500. The van der Waals surface area contributed by atoms with Gasteiger partial charge in [0.25, 0.3) is 0 Å². The minimum Gasteiger partial charge on any atom is -0.457 e. The van der Waals surface area contributed by atoms with Crippen LogP contribution in [0, 0.1) is 11.8 Å². The fourth-order valence-corrected chi connectivity index (χ4v) is 1.10. The highest BCUT2D eigenvalue weighted by Gasteiger charge is 2.37. The molecule has 1 heterocycles. The average molecular weight is 142 g/mol. The van der Waals surface area contributed by atoms with Crippen molar-refractivity contribution < 1.29 is 14.3 Å². The fraction of sp³-hybridized carbons (Fsp3) is 0.714. The van der Waals surface area contributed by atoms with Gasteiger partial charge < -0.3 is 4.74 Å². The van der Waals surface area contributed by atoms with Crippen LogP contribution in [0.5, 0.6) is 0 Å². The SMILES string of the molecule is CC(C)C1C(=O)COC1=O. The summed E-state index contributed by atoms with van der Waals surface area (Å²) in [6.07, 6.45) is 0. The number of carbonyl (C=O) groups excluding carboxylic acids is 2. The van der Waals surface area contributed by atoms with E-state index in [0.717, 1.165) is 0 Å². The number of cyclic esters (lactones) is 1. The Morgan fingerprint density at radius 3 is 2.30 bits per heavy atom. The molecule has 3 heteroatoms. The van der Waals surface area contributed by atoms with Gasteiger partial charge in [-0.1, -0.05) is 13.8 Å². The number of ketones is 1. The second-order valence-electron chi connectivity index (χ2n) is 2.80. The summed E-state index contributed by atoms with van der Waals surface area (Å²) in [6, 6.07) is 0. The zero-order chi connectivity index (χ0) is 7.72. The van der Waals surface area contributed by atoms with Crippen LogP contribution in [0.3, 0.4) is 0 Å². The molecule has 0 radical (unpaired) electrons. The molecule has 10 heavy (non-hydrogen) atoms. The van der Waals surface area contributed by atoms with Gasteiger partial charge in [-0.2, -0.15) is 0 Å². The summed E-state index contributed by atoms with van der Waals surface area (Å²) in [5.41, 5.74) is 0. The van der Waals surface area contributed by atoms with Crippen molar-refractivity contribution in [3.8, 4) is 0 Å². The van der Waals surface area contributed by atoms with Crippen molar-refractivity contribution in [2.24, 2.45) is 11.8 Å². The van der Waals surface area contributed by atoms with E-state index >= 15 is 0 Å². The molecule has 56 valence electrons. The first-order chi connectivity index (χ1) is 4.63. The topological polar surface area (TPSA) is 43.4 Å². The molecule has 1 aliphatic rings. The molecule has 0 bridgehead atoms. The lowest BCUT2D eigenvalue weighted by Gasteiger charge is -2.05. The zero-order valence-electron chi connectivity index (χ0n) is 6.09.